The van der Waals surface area contributed by atoms with E-state index in [-0.39, 0.29) is 0 Å². The first-order valence-corrected chi connectivity index (χ1v) is 7.82. The fourth-order valence-corrected chi connectivity index (χ4v) is 2.89. The second kappa shape index (κ2) is 7.65. The number of aryl methyl sites for hydroxylation is 1. The zero-order valence-corrected chi connectivity index (χ0v) is 12.7. The number of aromatic hydroxyl groups is 1. The van der Waals surface area contributed by atoms with E-state index in [0.717, 1.165) is 32.5 Å². The number of phenols is 1. The topological polar surface area (TPSA) is 32.7 Å². The molecule has 0 aromatic heterocycles. The average Bonchev–Trinajstić information content (AvgIpc) is 2.97. The van der Waals surface area contributed by atoms with Gasteiger partial charge in [0.1, 0.15) is 5.75 Å². The molecule has 1 aliphatic heterocycles. The summed E-state index contributed by atoms with van der Waals surface area (Å²) in [6.45, 7) is 7.61. The highest BCUT2D eigenvalue weighted by Crippen LogP contribution is 2.17. The average molecular weight is 277 g/mol. The SMILES string of the molecule is CCN(CC1CCCO1)C(C)CCc1ccc(O)cc1. The predicted molar refractivity (Wildman–Crippen MR) is 82.1 cm³/mol. The van der Waals surface area contributed by atoms with E-state index in [4.69, 9.17) is 4.74 Å². The molecule has 0 aliphatic carbocycles. The molecule has 0 saturated carbocycles. The molecule has 2 atom stereocenters. The normalized spacial score (nSPS) is 20.4. The Balaban J connectivity index is 1.79. The van der Waals surface area contributed by atoms with Gasteiger partial charge in [0.05, 0.1) is 6.10 Å². The Bertz CT molecular complexity index is 384. The molecule has 1 aliphatic rings. The number of hydrogen-bond donors (Lipinski definition) is 1. The van der Waals surface area contributed by atoms with Gasteiger partial charge in [-0.2, -0.15) is 0 Å². The van der Waals surface area contributed by atoms with E-state index in [1.165, 1.54) is 18.4 Å². The summed E-state index contributed by atoms with van der Waals surface area (Å²) in [4.78, 5) is 2.52. The molecule has 1 heterocycles. The Morgan fingerprint density at radius 1 is 1.35 bits per heavy atom. The minimum atomic E-state index is 0.343. The second-order valence-electron chi connectivity index (χ2n) is 5.78. The van der Waals surface area contributed by atoms with Crippen LogP contribution in [0.5, 0.6) is 5.75 Å². The van der Waals surface area contributed by atoms with Gasteiger partial charge in [-0.3, -0.25) is 4.90 Å². The minimum Gasteiger partial charge on any atom is -0.508 e. The van der Waals surface area contributed by atoms with Gasteiger partial charge in [-0.15, -0.1) is 0 Å². The Morgan fingerprint density at radius 2 is 2.10 bits per heavy atom. The third-order valence-electron chi connectivity index (χ3n) is 4.28. The lowest BCUT2D eigenvalue weighted by atomic mass is 10.0. The lowest BCUT2D eigenvalue weighted by molar-refractivity contribution is 0.0606. The summed E-state index contributed by atoms with van der Waals surface area (Å²) in [7, 11) is 0. The van der Waals surface area contributed by atoms with Crippen LogP contribution in [0.4, 0.5) is 0 Å². The zero-order valence-electron chi connectivity index (χ0n) is 12.7. The largest absolute Gasteiger partial charge is 0.508 e. The summed E-state index contributed by atoms with van der Waals surface area (Å²) in [5.41, 5.74) is 1.29. The molecule has 1 aromatic carbocycles. The number of rotatable bonds is 7. The van der Waals surface area contributed by atoms with Gasteiger partial charge in [0.15, 0.2) is 0 Å². The van der Waals surface area contributed by atoms with Gasteiger partial charge in [-0.25, -0.2) is 0 Å². The van der Waals surface area contributed by atoms with Crippen LogP contribution < -0.4 is 0 Å². The maximum absolute atomic E-state index is 9.30. The highest BCUT2D eigenvalue weighted by molar-refractivity contribution is 5.25. The number of ether oxygens (including phenoxy) is 1. The summed E-state index contributed by atoms with van der Waals surface area (Å²) >= 11 is 0. The Kier molecular flexibility index (Phi) is 5.86. The Labute approximate surface area is 122 Å². The molecule has 0 amide bonds. The molecule has 0 spiro atoms. The molecule has 2 unspecified atom stereocenters. The molecule has 3 nitrogen and oxygen atoms in total. The molecule has 2 rings (SSSR count). The standard InChI is InChI=1S/C17H27NO2/c1-3-18(13-17-5-4-12-20-17)14(2)6-7-15-8-10-16(19)11-9-15/h8-11,14,17,19H,3-7,12-13H2,1-2H3. The van der Waals surface area contributed by atoms with Gasteiger partial charge in [-0.1, -0.05) is 19.1 Å². The number of likely N-dealkylation sites (N-methyl/N-ethyl adjacent to an activating group) is 1. The van der Waals surface area contributed by atoms with Crippen molar-refractivity contribution in [1.29, 1.82) is 0 Å². The van der Waals surface area contributed by atoms with Crippen molar-refractivity contribution in [3.63, 3.8) is 0 Å². The van der Waals surface area contributed by atoms with Crippen molar-refractivity contribution in [1.82, 2.24) is 4.90 Å². The van der Waals surface area contributed by atoms with Gasteiger partial charge in [0, 0.05) is 19.2 Å². The van der Waals surface area contributed by atoms with Crippen LogP contribution in [0, 0.1) is 0 Å². The van der Waals surface area contributed by atoms with E-state index in [0.29, 0.717) is 17.9 Å². The van der Waals surface area contributed by atoms with Gasteiger partial charge >= 0.3 is 0 Å². The number of phenolic OH excluding ortho intramolecular Hbond substituents is 1. The van der Waals surface area contributed by atoms with E-state index in [1.54, 1.807) is 12.1 Å². The van der Waals surface area contributed by atoms with E-state index in [9.17, 15) is 5.11 Å². The van der Waals surface area contributed by atoms with Gasteiger partial charge in [0.2, 0.25) is 0 Å². The highest BCUT2D eigenvalue weighted by Gasteiger charge is 2.21. The summed E-state index contributed by atoms with van der Waals surface area (Å²) in [6.07, 6.45) is 5.06. The van der Waals surface area contributed by atoms with E-state index < -0.39 is 0 Å². The van der Waals surface area contributed by atoms with Crippen LogP contribution in [-0.4, -0.2) is 41.8 Å². The van der Waals surface area contributed by atoms with Crippen molar-refractivity contribution in [2.45, 2.75) is 51.7 Å². The molecule has 0 radical (unpaired) electrons. The van der Waals surface area contributed by atoms with Crippen LogP contribution in [0.3, 0.4) is 0 Å². The quantitative estimate of drug-likeness (QED) is 0.830. The Morgan fingerprint density at radius 3 is 2.70 bits per heavy atom. The van der Waals surface area contributed by atoms with Crippen molar-refractivity contribution >= 4 is 0 Å². The van der Waals surface area contributed by atoms with Gasteiger partial charge < -0.3 is 9.84 Å². The van der Waals surface area contributed by atoms with Crippen LogP contribution in [0.2, 0.25) is 0 Å². The van der Waals surface area contributed by atoms with Crippen molar-refractivity contribution in [3.05, 3.63) is 29.8 Å². The maximum Gasteiger partial charge on any atom is 0.115 e. The molecular weight excluding hydrogens is 250 g/mol. The first-order valence-electron chi connectivity index (χ1n) is 7.82. The third-order valence-corrected chi connectivity index (χ3v) is 4.28. The molecule has 1 N–H and O–H groups in total. The van der Waals surface area contributed by atoms with Crippen LogP contribution in [-0.2, 0) is 11.2 Å². The molecule has 1 saturated heterocycles. The molecule has 112 valence electrons. The zero-order chi connectivity index (χ0) is 14.4. The fraction of sp³-hybridized carbons (Fsp3) is 0.647. The fourth-order valence-electron chi connectivity index (χ4n) is 2.89. The van der Waals surface area contributed by atoms with Crippen LogP contribution in [0.1, 0.15) is 38.7 Å². The van der Waals surface area contributed by atoms with Gasteiger partial charge in [0.25, 0.3) is 0 Å². The summed E-state index contributed by atoms with van der Waals surface area (Å²) in [5, 5.41) is 9.30. The van der Waals surface area contributed by atoms with Crippen molar-refractivity contribution in [3.8, 4) is 5.75 Å². The van der Waals surface area contributed by atoms with Crippen LogP contribution in [0.15, 0.2) is 24.3 Å². The third kappa shape index (κ3) is 4.50. The maximum atomic E-state index is 9.30. The number of nitrogens with zero attached hydrogens (tertiary/aromatic N) is 1. The number of benzene rings is 1. The van der Waals surface area contributed by atoms with Crippen molar-refractivity contribution < 1.29 is 9.84 Å². The summed E-state index contributed by atoms with van der Waals surface area (Å²) in [5.74, 6) is 0.343. The smallest absolute Gasteiger partial charge is 0.115 e. The highest BCUT2D eigenvalue weighted by atomic mass is 16.5. The molecule has 0 bridgehead atoms. The van der Waals surface area contributed by atoms with E-state index in [2.05, 4.69) is 18.7 Å². The predicted octanol–water partition coefficient (Wildman–Crippen LogP) is 3.21. The molecule has 1 fully saturated rings. The lowest BCUT2D eigenvalue weighted by Gasteiger charge is -2.30. The molecule has 3 heteroatoms. The molecular formula is C17H27NO2. The first kappa shape index (κ1) is 15.3. The first-order chi connectivity index (χ1) is 9.69. The van der Waals surface area contributed by atoms with Crippen molar-refractivity contribution in [2.24, 2.45) is 0 Å². The van der Waals surface area contributed by atoms with Crippen molar-refractivity contribution in [2.75, 3.05) is 19.7 Å². The van der Waals surface area contributed by atoms with Crippen LogP contribution in [0.25, 0.3) is 0 Å². The molecule has 20 heavy (non-hydrogen) atoms. The van der Waals surface area contributed by atoms with E-state index >= 15 is 0 Å². The minimum absolute atomic E-state index is 0.343. The van der Waals surface area contributed by atoms with Gasteiger partial charge in [-0.05, 0) is 56.8 Å². The van der Waals surface area contributed by atoms with Crippen LogP contribution >= 0.6 is 0 Å². The summed E-state index contributed by atoms with van der Waals surface area (Å²) < 4.78 is 5.74. The van der Waals surface area contributed by atoms with E-state index in [1.807, 2.05) is 12.1 Å². The Hall–Kier alpha value is -1.06. The number of hydrogen-bond acceptors (Lipinski definition) is 3. The monoisotopic (exact) mass is 277 g/mol. The molecule has 1 aromatic rings. The summed E-state index contributed by atoms with van der Waals surface area (Å²) in [6, 6.07) is 8.13. The second-order valence-corrected chi connectivity index (χ2v) is 5.78. The lowest BCUT2D eigenvalue weighted by Crippen LogP contribution is -2.39.